The summed E-state index contributed by atoms with van der Waals surface area (Å²) in [5, 5.41) is 10.6. The van der Waals surface area contributed by atoms with Crippen LogP contribution in [0.5, 0.6) is 5.75 Å². The molecule has 0 radical (unpaired) electrons. The number of rotatable bonds is 3. The third-order valence-corrected chi connectivity index (χ3v) is 6.96. The van der Waals surface area contributed by atoms with Gasteiger partial charge in [0.15, 0.2) is 5.82 Å². The Morgan fingerprint density at radius 1 is 1.14 bits per heavy atom. The lowest BCUT2D eigenvalue weighted by molar-refractivity contribution is -0.126. The number of hydrogen-bond donors (Lipinski definition) is 1. The van der Waals surface area contributed by atoms with Gasteiger partial charge in [0, 0.05) is 61.2 Å². The van der Waals surface area contributed by atoms with Gasteiger partial charge in [0.2, 0.25) is 5.91 Å². The molecule has 0 unspecified atom stereocenters. The van der Waals surface area contributed by atoms with E-state index in [0.29, 0.717) is 55.8 Å². The number of fused-ring (bicyclic) bond motifs is 2. The highest BCUT2D eigenvalue weighted by Gasteiger charge is 2.31. The first-order chi connectivity index (χ1) is 16.8. The van der Waals surface area contributed by atoms with Crippen molar-refractivity contribution < 1.29 is 23.5 Å². The average molecular weight is 498 g/mol. The predicted octanol–water partition coefficient (Wildman–Crippen LogP) is 4.43. The number of pyridine rings is 1. The Hall–Kier alpha value is -3.52. The summed E-state index contributed by atoms with van der Waals surface area (Å²) < 4.78 is 30.6. The van der Waals surface area contributed by atoms with E-state index in [0.717, 1.165) is 11.6 Å². The summed E-state index contributed by atoms with van der Waals surface area (Å²) in [6.07, 6.45) is 2.12. The van der Waals surface area contributed by atoms with E-state index in [1.165, 1.54) is 24.3 Å². The number of phenols is 1. The Labute approximate surface area is 205 Å². The van der Waals surface area contributed by atoms with Gasteiger partial charge >= 0.3 is 0 Å². The number of amides is 1. The number of hydrogen-bond acceptors (Lipinski definition) is 5. The Morgan fingerprint density at radius 3 is 2.57 bits per heavy atom. The average Bonchev–Trinajstić information content (AvgIpc) is 2.84. The molecule has 0 bridgehead atoms. The van der Waals surface area contributed by atoms with Gasteiger partial charge in [-0.1, -0.05) is 24.2 Å². The number of carbonyl (C=O) groups excluding carboxylic acids is 2. The van der Waals surface area contributed by atoms with E-state index in [2.05, 4.69) is 11.6 Å². The van der Waals surface area contributed by atoms with Crippen LogP contribution in [-0.2, 0) is 22.4 Å². The van der Waals surface area contributed by atoms with Gasteiger partial charge in [-0.05, 0) is 30.7 Å². The molecule has 1 amide bonds. The summed E-state index contributed by atoms with van der Waals surface area (Å²) in [5.41, 5.74) is 1.41. The maximum atomic E-state index is 16.0. The zero-order valence-corrected chi connectivity index (χ0v) is 19.5. The molecule has 0 spiro atoms. The van der Waals surface area contributed by atoms with Gasteiger partial charge in [0.25, 0.3) is 0 Å². The number of Topliss-reactive ketones (excluding diaryl/α,β-unsaturated/α-hetero) is 1. The molecular formula is C26H22ClF2N3O3. The molecule has 1 aliphatic carbocycles. The molecule has 1 aromatic heterocycles. The summed E-state index contributed by atoms with van der Waals surface area (Å²) in [5.74, 6) is -2.17. The quantitative estimate of drug-likeness (QED) is 0.542. The lowest BCUT2D eigenvalue weighted by Gasteiger charge is -2.38. The third kappa shape index (κ3) is 3.91. The number of halogens is 3. The molecule has 3 aromatic rings. The first-order valence-electron chi connectivity index (χ1n) is 11.3. The van der Waals surface area contributed by atoms with Crippen LogP contribution in [0.25, 0.3) is 22.0 Å². The normalized spacial score (nSPS) is 15.9. The predicted molar refractivity (Wildman–Crippen MR) is 130 cm³/mol. The lowest BCUT2D eigenvalue weighted by atomic mass is 9.90. The van der Waals surface area contributed by atoms with Crippen LogP contribution in [0.1, 0.15) is 17.7 Å². The molecule has 180 valence electrons. The fraction of sp³-hybridized carbons (Fsp3) is 0.269. The Kier molecular flexibility index (Phi) is 5.92. The van der Waals surface area contributed by atoms with Crippen molar-refractivity contribution in [1.82, 2.24) is 9.88 Å². The lowest BCUT2D eigenvalue weighted by Crippen LogP contribution is -2.48. The van der Waals surface area contributed by atoms with E-state index in [9.17, 15) is 19.1 Å². The Balaban J connectivity index is 1.72. The molecule has 6 nitrogen and oxygen atoms in total. The second kappa shape index (κ2) is 8.92. The molecule has 35 heavy (non-hydrogen) atoms. The number of ketones is 1. The van der Waals surface area contributed by atoms with E-state index in [1.807, 2.05) is 4.90 Å². The van der Waals surface area contributed by atoms with Crippen molar-refractivity contribution in [1.29, 1.82) is 0 Å². The largest absolute Gasteiger partial charge is 0.507 e. The van der Waals surface area contributed by atoms with Gasteiger partial charge in [-0.2, -0.15) is 0 Å². The monoisotopic (exact) mass is 497 g/mol. The van der Waals surface area contributed by atoms with Crippen LogP contribution < -0.4 is 4.90 Å². The minimum absolute atomic E-state index is 0.000232. The summed E-state index contributed by atoms with van der Waals surface area (Å²) in [7, 11) is 0. The number of aryl methyl sites for hydroxylation is 1. The van der Waals surface area contributed by atoms with Crippen molar-refractivity contribution in [3.05, 3.63) is 64.8 Å². The van der Waals surface area contributed by atoms with Gasteiger partial charge in [0.1, 0.15) is 22.9 Å². The molecule has 2 aliphatic rings. The fourth-order valence-corrected chi connectivity index (χ4v) is 5.25. The smallest absolute Gasteiger partial charge is 0.246 e. The first-order valence-corrected chi connectivity index (χ1v) is 11.7. The van der Waals surface area contributed by atoms with Crippen molar-refractivity contribution in [3.63, 3.8) is 0 Å². The van der Waals surface area contributed by atoms with Crippen molar-refractivity contribution in [3.8, 4) is 16.9 Å². The minimum Gasteiger partial charge on any atom is -0.507 e. The Bertz CT molecular complexity index is 1380. The van der Waals surface area contributed by atoms with Gasteiger partial charge in [-0.15, -0.1) is 0 Å². The zero-order valence-electron chi connectivity index (χ0n) is 18.8. The third-order valence-electron chi connectivity index (χ3n) is 6.67. The van der Waals surface area contributed by atoms with Gasteiger partial charge in [-0.25, -0.2) is 13.8 Å². The number of benzene rings is 2. The summed E-state index contributed by atoms with van der Waals surface area (Å²) in [6.45, 7) is 5.35. The maximum Gasteiger partial charge on any atom is 0.246 e. The molecule has 1 N–H and O–H groups in total. The molecule has 1 aliphatic heterocycles. The van der Waals surface area contributed by atoms with Crippen LogP contribution in [0, 0.1) is 11.6 Å². The Morgan fingerprint density at radius 2 is 1.89 bits per heavy atom. The standard InChI is InChI=1S/C26H22ClF2N3O3/c1-2-21(35)31-8-10-32(11-9-31)26-15-12-14(33)6-7-19(15)30-25-16(26)13-17(27)22(24(25)29)23-18(28)4-3-5-20(23)34/h2-5,13,34H,1,6-12H2. The van der Waals surface area contributed by atoms with Crippen LogP contribution in [0.3, 0.4) is 0 Å². The number of anilines is 1. The zero-order chi connectivity index (χ0) is 24.9. The van der Waals surface area contributed by atoms with Crippen LogP contribution in [-0.4, -0.2) is 52.9 Å². The second-order valence-corrected chi connectivity index (χ2v) is 9.10. The molecular weight excluding hydrogens is 476 g/mol. The fourth-order valence-electron chi connectivity index (χ4n) is 4.97. The summed E-state index contributed by atoms with van der Waals surface area (Å²) >= 11 is 6.50. The molecule has 2 heterocycles. The highest BCUT2D eigenvalue weighted by Crippen LogP contribution is 2.44. The number of aromatic hydroxyl groups is 1. The topological polar surface area (TPSA) is 73.7 Å². The molecule has 1 saturated heterocycles. The van der Waals surface area contributed by atoms with Crippen LogP contribution >= 0.6 is 11.6 Å². The summed E-state index contributed by atoms with van der Waals surface area (Å²) in [6, 6.07) is 5.22. The number of phenolic OH excluding ortho intramolecular Hbond substituents is 1. The van der Waals surface area contributed by atoms with E-state index >= 15 is 4.39 Å². The number of nitrogens with zero attached hydrogens (tertiary/aromatic N) is 3. The molecule has 2 aromatic carbocycles. The van der Waals surface area contributed by atoms with E-state index in [4.69, 9.17) is 11.6 Å². The van der Waals surface area contributed by atoms with E-state index < -0.39 is 17.4 Å². The molecule has 9 heteroatoms. The van der Waals surface area contributed by atoms with Crippen LogP contribution in [0.2, 0.25) is 5.02 Å². The highest BCUT2D eigenvalue weighted by molar-refractivity contribution is 6.34. The van der Waals surface area contributed by atoms with Crippen LogP contribution in [0.4, 0.5) is 14.5 Å². The number of piperazine rings is 1. The van der Waals surface area contributed by atoms with Gasteiger partial charge < -0.3 is 14.9 Å². The van der Waals surface area contributed by atoms with Crippen molar-refractivity contribution in [2.24, 2.45) is 0 Å². The van der Waals surface area contributed by atoms with Gasteiger partial charge in [-0.3, -0.25) is 9.59 Å². The highest BCUT2D eigenvalue weighted by atomic mass is 35.5. The van der Waals surface area contributed by atoms with Crippen LogP contribution in [0.15, 0.2) is 36.9 Å². The maximum absolute atomic E-state index is 16.0. The van der Waals surface area contributed by atoms with Crippen molar-refractivity contribution >= 4 is 39.9 Å². The molecule has 0 atom stereocenters. The summed E-state index contributed by atoms with van der Waals surface area (Å²) in [4.78, 5) is 32.6. The molecule has 5 rings (SSSR count). The first kappa shape index (κ1) is 23.2. The van der Waals surface area contributed by atoms with Crippen molar-refractivity contribution in [2.45, 2.75) is 19.3 Å². The number of carbonyl (C=O) groups is 2. The van der Waals surface area contributed by atoms with Crippen molar-refractivity contribution in [2.75, 3.05) is 31.1 Å². The number of aromatic nitrogens is 1. The van der Waals surface area contributed by atoms with E-state index in [-0.39, 0.29) is 39.8 Å². The molecule has 1 fully saturated rings. The second-order valence-electron chi connectivity index (χ2n) is 8.70. The van der Waals surface area contributed by atoms with Gasteiger partial charge in [0.05, 0.1) is 16.3 Å². The minimum atomic E-state index is -0.839. The van der Waals surface area contributed by atoms with E-state index in [1.54, 1.807) is 4.90 Å². The molecule has 0 saturated carbocycles. The SMILES string of the molecule is C=CC(=O)N1CCN(c2c3c(nc4c(F)c(-c5c(O)cccc5F)c(Cl)cc24)CCC(=O)C3)CC1.